The van der Waals surface area contributed by atoms with Gasteiger partial charge in [0.05, 0.1) is 17.0 Å². The molecular formula is C38H29N3O5S. The van der Waals surface area contributed by atoms with E-state index in [2.05, 4.69) is 10.6 Å². The first-order chi connectivity index (χ1) is 22.9. The second-order valence-corrected chi connectivity index (χ2v) is 11.6. The van der Waals surface area contributed by atoms with Gasteiger partial charge < -0.3 is 15.4 Å². The number of hydrogen-bond donors (Lipinski definition) is 2. The maximum atomic E-state index is 13.5. The first kappa shape index (κ1) is 31.1. The molecule has 1 aliphatic heterocycles. The van der Waals surface area contributed by atoms with Gasteiger partial charge >= 0.3 is 0 Å². The van der Waals surface area contributed by atoms with Crippen LogP contribution in [0, 0.1) is 0 Å². The summed E-state index contributed by atoms with van der Waals surface area (Å²) in [6.45, 7) is 0.427. The van der Waals surface area contributed by atoms with E-state index in [1.807, 2.05) is 60.7 Å². The number of carbonyl (C=O) groups excluding carboxylic acids is 4. The lowest BCUT2D eigenvalue weighted by Gasteiger charge is -2.14. The number of ether oxygens (including phenoxy) is 1. The monoisotopic (exact) mass is 639 g/mol. The number of nitrogens with zero attached hydrogens (tertiary/aromatic N) is 1. The second-order valence-electron chi connectivity index (χ2n) is 10.6. The highest BCUT2D eigenvalue weighted by atomic mass is 32.2. The largest absolute Gasteiger partial charge is 0.489 e. The molecule has 9 heteroatoms. The molecule has 0 saturated carbocycles. The van der Waals surface area contributed by atoms with Crippen LogP contribution in [0.1, 0.15) is 42.2 Å². The number of amides is 4. The van der Waals surface area contributed by atoms with Gasteiger partial charge in [-0.05, 0) is 77.9 Å². The van der Waals surface area contributed by atoms with Crippen LogP contribution in [0.2, 0.25) is 0 Å². The zero-order valence-corrected chi connectivity index (χ0v) is 25.9. The average molecular weight is 640 g/mol. The minimum Gasteiger partial charge on any atom is -0.489 e. The van der Waals surface area contributed by atoms with Gasteiger partial charge in [-0.2, -0.15) is 0 Å². The van der Waals surface area contributed by atoms with Crippen molar-refractivity contribution in [2.24, 2.45) is 0 Å². The number of hydrogen-bond acceptors (Lipinski definition) is 6. The molecule has 5 aromatic rings. The van der Waals surface area contributed by atoms with Gasteiger partial charge in [0.2, 0.25) is 0 Å². The van der Waals surface area contributed by atoms with Gasteiger partial charge in [-0.25, -0.2) is 0 Å². The molecule has 0 atom stereocenters. The molecule has 0 aromatic heterocycles. The van der Waals surface area contributed by atoms with Gasteiger partial charge in [-0.15, -0.1) is 11.8 Å². The first-order valence-electron chi connectivity index (χ1n) is 14.8. The fraction of sp³-hybridized carbons (Fsp3) is 0.0526. The summed E-state index contributed by atoms with van der Waals surface area (Å²) in [5.74, 6) is -0.723. The Morgan fingerprint density at radius 1 is 0.702 bits per heavy atom. The number of rotatable bonds is 11. The molecule has 1 aliphatic rings. The lowest BCUT2D eigenvalue weighted by molar-refractivity contribution is -0.113. The molecule has 232 valence electrons. The summed E-state index contributed by atoms with van der Waals surface area (Å²) >= 11 is 1.33. The summed E-state index contributed by atoms with van der Waals surface area (Å²) in [4.78, 5) is 53.8. The topological polar surface area (TPSA) is 105 Å². The molecule has 0 aliphatic carbocycles. The van der Waals surface area contributed by atoms with Crippen LogP contribution in [0.3, 0.4) is 0 Å². The molecular weight excluding hydrogens is 611 g/mol. The summed E-state index contributed by atoms with van der Waals surface area (Å²) in [5.41, 5.74) is 3.53. The van der Waals surface area contributed by atoms with Crippen LogP contribution in [0.5, 0.6) is 5.75 Å². The molecule has 0 spiro atoms. The number of anilines is 1. The fourth-order valence-electron chi connectivity index (χ4n) is 4.84. The third kappa shape index (κ3) is 7.66. The van der Waals surface area contributed by atoms with Crippen LogP contribution in [0.25, 0.3) is 6.08 Å². The molecule has 0 unspecified atom stereocenters. The van der Waals surface area contributed by atoms with Crippen molar-refractivity contribution in [1.82, 2.24) is 10.2 Å². The third-order valence-corrected chi connectivity index (χ3v) is 8.31. The van der Waals surface area contributed by atoms with E-state index < -0.39 is 11.8 Å². The Hall–Kier alpha value is -5.93. The Bertz CT molecular complexity index is 1910. The van der Waals surface area contributed by atoms with E-state index in [4.69, 9.17) is 4.74 Å². The van der Waals surface area contributed by atoms with Crippen molar-refractivity contribution in [3.05, 3.63) is 167 Å². The minimum absolute atomic E-state index is 0.0564. The Kier molecular flexibility index (Phi) is 9.55. The molecule has 5 aromatic carbocycles. The number of imide groups is 1. The summed E-state index contributed by atoms with van der Waals surface area (Å²) in [7, 11) is 0. The molecule has 4 amide bonds. The molecule has 2 N–H and O–H groups in total. The van der Waals surface area contributed by atoms with Crippen LogP contribution in [-0.4, -0.2) is 34.4 Å². The quantitative estimate of drug-likeness (QED) is 0.0915. The van der Waals surface area contributed by atoms with Gasteiger partial charge in [0, 0.05) is 16.1 Å². The summed E-state index contributed by atoms with van der Waals surface area (Å²) in [6, 6.07) is 39.5. The van der Waals surface area contributed by atoms with Crippen LogP contribution < -0.4 is 15.4 Å². The van der Waals surface area contributed by atoms with Crippen molar-refractivity contribution in [3.8, 4) is 5.75 Å². The maximum Gasteiger partial charge on any atom is 0.272 e. The molecule has 6 rings (SSSR count). The molecule has 0 fully saturated rings. The van der Waals surface area contributed by atoms with Gasteiger partial charge in [0.15, 0.2) is 0 Å². The van der Waals surface area contributed by atoms with Gasteiger partial charge in [0.25, 0.3) is 23.6 Å². The Labute approximate surface area is 276 Å². The standard InChI is InChI=1S/C38H29N3O5S/c42-35(28-11-5-2-6-12-28)40-34(23-26-15-19-30(20-16-26)46-24-27-9-3-1-4-10-27)36(43)39-29-17-21-31(22-18-29)47-25-41-37(44)32-13-7-8-14-33(32)38(41)45/h1-23H,24-25H2,(H,39,43)(H,40,42)/b34-23-. The number of carbonyl (C=O) groups is 4. The predicted molar refractivity (Wildman–Crippen MR) is 182 cm³/mol. The Balaban J connectivity index is 1.12. The SMILES string of the molecule is O=C(Nc1ccc(SCN2C(=O)c3ccccc3C2=O)cc1)/C(=C/c1ccc(OCc2ccccc2)cc1)NC(=O)c1ccccc1. The zero-order valence-electron chi connectivity index (χ0n) is 25.1. The normalized spacial score (nSPS) is 12.4. The molecule has 0 bridgehead atoms. The van der Waals surface area contributed by atoms with E-state index in [-0.39, 0.29) is 23.4 Å². The van der Waals surface area contributed by atoms with Crippen molar-refractivity contribution in [2.45, 2.75) is 11.5 Å². The van der Waals surface area contributed by atoms with E-state index in [0.717, 1.165) is 10.5 Å². The first-order valence-corrected chi connectivity index (χ1v) is 15.8. The van der Waals surface area contributed by atoms with Crippen molar-refractivity contribution >= 4 is 47.2 Å². The van der Waals surface area contributed by atoms with Crippen LogP contribution in [-0.2, 0) is 11.4 Å². The average Bonchev–Trinajstić information content (AvgIpc) is 3.36. The van der Waals surface area contributed by atoms with E-state index >= 15 is 0 Å². The highest BCUT2D eigenvalue weighted by Gasteiger charge is 2.34. The van der Waals surface area contributed by atoms with Crippen molar-refractivity contribution in [1.29, 1.82) is 0 Å². The summed E-state index contributed by atoms with van der Waals surface area (Å²) < 4.78 is 5.87. The van der Waals surface area contributed by atoms with Gasteiger partial charge in [0.1, 0.15) is 18.1 Å². The van der Waals surface area contributed by atoms with Crippen molar-refractivity contribution in [3.63, 3.8) is 0 Å². The smallest absolute Gasteiger partial charge is 0.272 e. The summed E-state index contributed by atoms with van der Waals surface area (Å²) in [6.07, 6.45) is 1.60. The zero-order chi connectivity index (χ0) is 32.6. The highest BCUT2D eigenvalue weighted by molar-refractivity contribution is 7.99. The van der Waals surface area contributed by atoms with Gasteiger partial charge in [-0.3, -0.25) is 24.1 Å². The van der Waals surface area contributed by atoms with Crippen molar-refractivity contribution in [2.75, 3.05) is 11.2 Å². The van der Waals surface area contributed by atoms with Crippen molar-refractivity contribution < 1.29 is 23.9 Å². The fourth-order valence-corrected chi connectivity index (χ4v) is 5.68. The van der Waals surface area contributed by atoms with E-state index in [0.29, 0.717) is 40.3 Å². The van der Waals surface area contributed by atoms with Gasteiger partial charge in [-0.1, -0.05) is 72.8 Å². The molecule has 0 saturated heterocycles. The lowest BCUT2D eigenvalue weighted by Crippen LogP contribution is -2.30. The number of fused-ring (bicyclic) bond motifs is 1. The molecule has 1 heterocycles. The van der Waals surface area contributed by atoms with E-state index in [1.165, 1.54) is 16.7 Å². The Morgan fingerprint density at radius 3 is 1.94 bits per heavy atom. The van der Waals surface area contributed by atoms with E-state index in [9.17, 15) is 19.2 Å². The number of nitrogens with one attached hydrogen (secondary N) is 2. The predicted octanol–water partition coefficient (Wildman–Crippen LogP) is 7.02. The maximum absolute atomic E-state index is 13.5. The molecule has 47 heavy (non-hydrogen) atoms. The van der Waals surface area contributed by atoms with Crippen LogP contribution >= 0.6 is 11.8 Å². The third-order valence-electron chi connectivity index (χ3n) is 7.32. The highest BCUT2D eigenvalue weighted by Crippen LogP contribution is 2.28. The lowest BCUT2D eigenvalue weighted by atomic mass is 10.1. The second kappa shape index (κ2) is 14.4. The summed E-state index contributed by atoms with van der Waals surface area (Å²) in [5, 5.41) is 5.59. The molecule has 0 radical (unpaired) electrons. The Morgan fingerprint density at radius 2 is 1.30 bits per heavy atom. The number of thioether (sulfide) groups is 1. The van der Waals surface area contributed by atoms with E-state index in [1.54, 1.807) is 78.9 Å². The van der Waals surface area contributed by atoms with Crippen LogP contribution in [0.4, 0.5) is 5.69 Å². The van der Waals surface area contributed by atoms with Crippen LogP contribution in [0.15, 0.2) is 144 Å². The minimum atomic E-state index is -0.509. The number of benzene rings is 5. The molecule has 8 nitrogen and oxygen atoms in total.